The van der Waals surface area contributed by atoms with Crippen LogP contribution in [0.4, 0.5) is 0 Å². The van der Waals surface area contributed by atoms with E-state index < -0.39 is 0 Å². The van der Waals surface area contributed by atoms with E-state index in [0.717, 1.165) is 0 Å². The first-order valence-electron chi connectivity index (χ1n) is 0. The Morgan fingerprint density at radius 3 is 1.00 bits per heavy atom. The molecule has 0 aromatic rings. The summed E-state index contributed by atoms with van der Waals surface area (Å²) in [6.45, 7) is 0. The molecule has 0 bridgehead atoms. The van der Waals surface area contributed by atoms with Gasteiger partial charge < -0.3 is 0 Å². The van der Waals surface area contributed by atoms with Crippen LogP contribution in [-0.2, 0) is 27.7 Å². The molecule has 16 valence electrons. The maximum atomic E-state index is 0. The Bertz CT molecular complexity index is 8.00. The average Bonchev–Trinajstić information content (AvgIpc) is 0. The molecule has 4 heteroatoms. The van der Waals surface area contributed by atoms with Crippen LogP contribution in [0.15, 0.2) is 0 Å². The van der Waals surface area contributed by atoms with Gasteiger partial charge in [0.05, 0.1) is 0 Å². The molecule has 0 amide bonds. The monoisotopic (exact) mass is 526 g/mol. The van der Waals surface area contributed by atoms with Gasteiger partial charge in [0.25, 0.3) is 0 Å². The van der Waals surface area contributed by atoms with Gasteiger partial charge in [0.15, 0.2) is 0 Å². The van der Waals surface area contributed by atoms with E-state index in [9.17, 15) is 0 Å². The molecular formula is H7CsGaHgIn. The summed E-state index contributed by atoms with van der Waals surface area (Å²) in [7, 11) is 0. The van der Waals surface area contributed by atoms with Crippen molar-refractivity contribution in [1.29, 1.82) is 0 Å². The molecule has 4 heavy (non-hydrogen) atoms. The fourth-order valence-corrected chi connectivity index (χ4v) is 0. The molecule has 0 aliphatic rings. The summed E-state index contributed by atoms with van der Waals surface area (Å²) in [6, 6.07) is 0. The Hall–Kier alpha value is 4.49. The predicted octanol–water partition coefficient (Wildman–Crippen LogP) is -3.02. The Balaban J connectivity index is 0. The van der Waals surface area contributed by atoms with Gasteiger partial charge in [-0.25, -0.2) is 0 Å². The molecule has 0 heterocycles. The second-order valence-corrected chi connectivity index (χ2v) is 0. The Morgan fingerprint density at radius 1 is 1.00 bits per heavy atom. The molecule has 0 radical (unpaired) electrons. The summed E-state index contributed by atoms with van der Waals surface area (Å²) in [5.41, 5.74) is 0. The zero-order valence-electron chi connectivity index (χ0n) is 0.707. The van der Waals surface area contributed by atoms with Gasteiger partial charge in [0, 0.05) is 27.7 Å². The van der Waals surface area contributed by atoms with Gasteiger partial charge in [-0.05, 0) is 0 Å². The normalized spacial score (nSPS) is 0. The van der Waals surface area contributed by atoms with E-state index in [2.05, 4.69) is 0 Å². The predicted molar refractivity (Wildman–Crippen MR) is 27.0 cm³/mol. The summed E-state index contributed by atoms with van der Waals surface area (Å²) >= 11 is 0. The number of rotatable bonds is 0. The van der Waals surface area contributed by atoms with Crippen LogP contribution < -0.4 is 0 Å². The molecule has 0 rings (SSSR count). The summed E-state index contributed by atoms with van der Waals surface area (Å²) in [6.07, 6.45) is 0. The number of hydrogen-bond acceptors (Lipinski definition) is 0. The fourth-order valence-electron chi connectivity index (χ4n) is 0. The van der Waals surface area contributed by atoms with Crippen molar-refractivity contribution in [1.82, 2.24) is 0 Å². The van der Waals surface area contributed by atoms with Gasteiger partial charge in [-0.1, -0.05) is 0 Å². The van der Waals surface area contributed by atoms with E-state index in [0.29, 0.717) is 0 Å². The molecule has 0 aromatic heterocycles. The van der Waals surface area contributed by atoms with Crippen molar-refractivity contribution in [3.05, 3.63) is 0 Å². The van der Waals surface area contributed by atoms with Gasteiger partial charge in [0.1, 0.15) is 0 Å². The SMILES string of the molecule is [CsH].[GaH3].[Hg].[InH3]. The van der Waals surface area contributed by atoms with Gasteiger partial charge in [0.2, 0.25) is 0 Å². The first-order chi connectivity index (χ1) is 0. The van der Waals surface area contributed by atoms with Crippen LogP contribution in [0.1, 0.15) is 0 Å². The van der Waals surface area contributed by atoms with Gasteiger partial charge in [-0.2, -0.15) is 0 Å². The topological polar surface area (TPSA) is 0 Å². The van der Waals surface area contributed by atoms with Crippen molar-refractivity contribution < 1.29 is 27.7 Å². The molecule has 0 N–H and O–H groups in total. The van der Waals surface area contributed by atoms with Crippen molar-refractivity contribution in [3.63, 3.8) is 0 Å². The molecule has 0 spiro atoms. The summed E-state index contributed by atoms with van der Waals surface area (Å²) in [5, 5.41) is 0. The van der Waals surface area contributed by atoms with E-state index in [1.807, 2.05) is 0 Å². The molecule has 0 fully saturated rings. The van der Waals surface area contributed by atoms with Gasteiger partial charge in [-0.3, -0.25) is 0 Å². The first kappa shape index (κ1) is 23.6. The van der Waals surface area contributed by atoms with Crippen molar-refractivity contribution >= 4 is 115 Å². The van der Waals surface area contributed by atoms with Crippen LogP contribution in [0.2, 0.25) is 0 Å². The Kier molecular flexibility index (Phi) is 92.4. The van der Waals surface area contributed by atoms with Crippen molar-refractivity contribution in [2.45, 2.75) is 0 Å². The van der Waals surface area contributed by atoms with E-state index in [-0.39, 0.29) is 142 Å². The minimum atomic E-state index is 0. The van der Waals surface area contributed by atoms with Crippen molar-refractivity contribution in [3.8, 4) is 0 Å². The van der Waals surface area contributed by atoms with E-state index in [1.54, 1.807) is 0 Å². The van der Waals surface area contributed by atoms with Crippen LogP contribution in [0.5, 0.6) is 0 Å². The second-order valence-electron chi connectivity index (χ2n) is 0. The summed E-state index contributed by atoms with van der Waals surface area (Å²) in [5.74, 6) is 0. The average molecular weight is 525 g/mol. The second kappa shape index (κ2) is 15.6. The molecule has 0 unspecified atom stereocenters. The van der Waals surface area contributed by atoms with Crippen LogP contribution in [-0.4, -0.2) is 115 Å². The third kappa shape index (κ3) is 9.71. The Morgan fingerprint density at radius 2 is 1.00 bits per heavy atom. The standard InChI is InChI=1S/Cs.Ga.Hg.In.7H. The first-order valence-corrected chi connectivity index (χ1v) is 0. The molecule has 0 aromatic carbocycles. The molecule has 0 atom stereocenters. The van der Waals surface area contributed by atoms with Crippen LogP contribution in [0.3, 0.4) is 0 Å². The zero-order valence-corrected chi connectivity index (χ0v) is 6.20. The zero-order chi connectivity index (χ0) is 0. The third-order valence-corrected chi connectivity index (χ3v) is 0. The molecule has 0 saturated heterocycles. The van der Waals surface area contributed by atoms with Gasteiger partial charge >= 0.3 is 115 Å². The summed E-state index contributed by atoms with van der Waals surface area (Å²) in [4.78, 5) is 0. The molecule has 0 aliphatic carbocycles. The molecule has 0 aliphatic heterocycles. The third-order valence-electron chi connectivity index (χ3n) is 0. The van der Waals surface area contributed by atoms with Crippen LogP contribution >= 0.6 is 0 Å². The quantitative estimate of drug-likeness (QED) is 0.296. The number of hydrogen-bond donors (Lipinski definition) is 0. The van der Waals surface area contributed by atoms with E-state index in [4.69, 9.17) is 0 Å². The summed E-state index contributed by atoms with van der Waals surface area (Å²) < 4.78 is 0. The minimum absolute atomic E-state index is 0. The van der Waals surface area contributed by atoms with Crippen LogP contribution in [0, 0.1) is 0 Å². The maximum absolute atomic E-state index is 0. The fraction of sp³-hybridized carbons (Fsp3) is 0. The van der Waals surface area contributed by atoms with Gasteiger partial charge in [-0.15, -0.1) is 0 Å². The van der Waals surface area contributed by atoms with Crippen molar-refractivity contribution in [2.24, 2.45) is 0 Å². The molecular weight excluding hydrogens is 518 g/mol. The molecule has 0 saturated carbocycles. The van der Waals surface area contributed by atoms with E-state index in [1.165, 1.54) is 0 Å². The Labute approximate surface area is 137 Å². The molecule has 0 nitrogen and oxygen atoms in total. The van der Waals surface area contributed by atoms with E-state index >= 15 is 0 Å². The van der Waals surface area contributed by atoms with Crippen LogP contribution in [0.25, 0.3) is 0 Å². The van der Waals surface area contributed by atoms with Crippen molar-refractivity contribution in [2.75, 3.05) is 0 Å².